The number of aromatic nitrogens is 2. The van der Waals surface area contributed by atoms with Gasteiger partial charge in [0.1, 0.15) is 30.2 Å². The van der Waals surface area contributed by atoms with Gasteiger partial charge in [0.15, 0.2) is 0 Å². The Hall–Kier alpha value is -4.68. The summed E-state index contributed by atoms with van der Waals surface area (Å²) in [6.45, 7) is 6.14. The Bertz CT molecular complexity index is 1740. The van der Waals surface area contributed by atoms with Gasteiger partial charge in [0, 0.05) is 38.3 Å². The lowest BCUT2D eigenvalue weighted by Gasteiger charge is -2.28. The van der Waals surface area contributed by atoms with Gasteiger partial charge in [0.25, 0.3) is 0 Å². The molecule has 0 aliphatic carbocycles. The van der Waals surface area contributed by atoms with Crippen LogP contribution in [0.25, 0.3) is 0 Å². The molecule has 20 heteroatoms. The van der Waals surface area contributed by atoms with E-state index in [1.165, 1.54) is 17.4 Å². The lowest BCUT2D eigenvalue weighted by Crippen LogP contribution is -2.61. The van der Waals surface area contributed by atoms with Gasteiger partial charge in [-0.15, -0.1) is 0 Å². The number of rotatable bonds is 24. The SMILES string of the molecule is CC(=O)N1CCC[C@H]1C(=O)N[C@@H](CC(C)C)C(=O)N[C@@H](Cc1cncn1CCCCCCc1ccccc1)C(=O)N[C@@H](CO)C(=O)N[C@H](C(N)=O)[C@@H](C)OP(=O)(O)O. The number of nitrogens with zero attached hydrogens (tertiary/aromatic N) is 3. The predicted octanol–water partition coefficient (Wildman–Crippen LogP) is 0.200. The number of phosphoric ester groups is 1. The zero-order valence-corrected chi connectivity index (χ0v) is 34.4. The second-order valence-electron chi connectivity index (χ2n) is 15.0. The van der Waals surface area contributed by atoms with Gasteiger partial charge in [-0.1, -0.05) is 57.0 Å². The van der Waals surface area contributed by atoms with E-state index < -0.39 is 80.3 Å². The molecule has 19 nitrogen and oxygen atoms in total. The molecule has 3 rings (SSSR count). The number of aryl methyl sites for hydroxylation is 2. The van der Waals surface area contributed by atoms with Crippen LogP contribution in [-0.4, -0.2) is 114 Å². The van der Waals surface area contributed by atoms with Crippen LogP contribution in [0.1, 0.15) is 83.9 Å². The average Bonchev–Trinajstić information content (AvgIpc) is 3.83. The van der Waals surface area contributed by atoms with Gasteiger partial charge in [-0.25, -0.2) is 9.55 Å². The molecule has 0 saturated carbocycles. The number of imidazole rings is 1. The van der Waals surface area contributed by atoms with Crippen molar-refractivity contribution >= 4 is 43.3 Å². The minimum Gasteiger partial charge on any atom is -0.394 e. The third-order valence-corrected chi connectivity index (χ3v) is 10.4. The summed E-state index contributed by atoms with van der Waals surface area (Å²) in [6.07, 6.45) is 7.39. The highest BCUT2D eigenvalue weighted by molar-refractivity contribution is 7.46. The van der Waals surface area contributed by atoms with Gasteiger partial charge in [0.05, 0.1) is 19.0 Å². The van der Waals surface area contributed by atoms with Gasteiger partial charge in [-0.2, -0.15) is 0 Å². The van der Waals surface area contributed by atoms with Gasteiger partial charge in [-0.05, 0) is 56.9 Å². The van der Waals surface area contributed by atoms with E-state index in [2.05, 4.69) is 42.9 Å². The smallest absolute Gasteiger partial charge is 0.394 e. The molecule has 1 aliphatic rings. The summed E-state index contributed by atoms with van der Waals surface area (Å²) < 4.78 is 17.7. The van der Waals surface area contributed by atoms with Crippen LogP contribution in [0.2, 0.25) is 0 Å². The number of likely N-dealkylation sites (tertiary alicyclic amines) is 1. The Labute approximate surface area is 338 Å². The van der Waals surface area contributed by atoms with Crippen molar-refractivity contribution in [2.45, 2.75) is 128 Å². The third-order valence-electron chi connectivity index (χ3n) is 9.79. The summed E-state index contributed by atoms with van der Waals surface area (Å²) >= 11 is 0. The van der Waals surface area contributed by atoms with E-state index in [-0.39, 0.29) is 24.7 Å². The van der Waals surface area contributed by atoms with Crippen molar-refractivity contribution in [3.8, 4) is 0 Å². The van der Waals surface area contributed by atoms with E-state index in [1.54, 1.807) is 12.5 Å². The number of carbonyl (C=O) groups is 6. The number of phosphoric acid groups is 1. The summed E-state index contributed by atoms with van der Waals surface area (Å²) in [5.41, 5.74) is 7.18. The van der Waals surface area contributed by atoms with Gasteiger partial charge in [0.2, 0.25) is 35.4 Å². The first-order valence-electron chi connectivity index (χ1n) is 19.6. The first kappa shape index (κ1) is 47.7. The van der Waals surface area contributed by atoms with Crippen molar-refractivity contribution in [1.29, 1.82) is 0 Å². The van der Waals surface area contributed by atoms with Crippen LogP contribution in [0.15, 0.2) is 42.9 Å². The molecule has 2 aromatic rings. The fraction of sp³-hybridized carbons (Fsp3) is 0.605. The number of carbonyl (C=O) groups excluding carboxylic acids is 6. The molecule has 1 saturated heterocycles. The van der Waals surface area contributed by atoms with Crippen molar-refractivity contribution in [3.63, 3.8) is 0 Å². The zero-order valence-electron chi connectivity index (χ0n) is 33.5. The van der Waals surface area contributed by atoms with E-state index >= 15 is 0 Å². The van der Waals surface area contributed by atoms with Crippen LogP contribution in [-0.2, 0) is 57.2 Å². The third kappa shape index (κ3) is 15.6. The highest BCUT2D eigenvalue weighted by Crippen LogP contribution is 2.38. The number of benzene rings is 1. The minimum absolute atomic E-state index is 0.0810. The summed E-state index contributed by atoms with van der Waals surface area (Å²) in [6, 6.07) is 3.46. The second kappa shape index (κ2) is 23.0. The molecule has 1 aromatic carbocycles. The maximum atomic E-state index is 14.0. The first-order valence-corrected chi connectivity index (χ1v) is 21.1. The number of unbranched alkanes of at least 4 members (excludes halogenated alkanes) is 3. The summed E-state index contributed by atoms with van der Waals surface area (Å²) in [4.78, 5) is 103. The number of nitrogens with one attached hydrogen (secondary N) is 4. The van der Waals surface area contributed by atoms with Crippen LogP contribution >= 0.6 is 7.82 Å². The maximum Gasteiger partial charge on any atom is 0.469 e. The van der Waals surface area contributed by atoms with E-state index in [9.17, 15) is 48.2 Å². The fourth-order valence-corrected chi connectivity index (χ4v) is 7.38. The van der Waals surface area contributed by atoms with E-state index in [4.69, 9.17) is 5.73 Å². The van der Waals surface area contributed by atoms with Gasteiger partial charge in [-0.3, -0.25) is 33.3 Å². The number of aliphatic hydroxyl groups excluding tert-OH is 1. The van der Waals surface area contributed by atoms with Crippen LogP contribution in [0.4, 0.5) is 0 Å². The molecular formula is C38H59N8O11P. The fourth-order valence-electron chi connectivity index (χ4n) is 6.82. The molecule has 6 amide bonds. The first-order chi connectivity index (χ1) is 27.4. The number of nitrogens with two attached hydrogens (primary N) is 1. The average molecular weight is 835 g/mol. The van der Waals surface area contributed by atoms with E-state index in [1.807, 2.05) is 36.6 Å². The molecule has 0 bridgehead atoms. The van der Waals surface area contributed by atoms with Crippen molar-refractivity contribution in [1.82, 2.24) is 35.7 Å². The van der Waals surface area contributed by atoms with Crippen LogP contribution in [0.3, 0.4) is 0 Å². The highest BCUT2D eigenvalue weighted by atomic mass is 31.2. The Morgan fingerprint density at radius 2 is 1.55 bits per heavy atom. The molecule has 6 atom stereocenters. The van der Waals surface area contributed by atoms with Crippen molar-refractivity contribution in [2.75, 3.05) is 13.2 Å². The Kier molecular flexibility index (Phi) is 19.0. The normalized spacial score (nSPS) is 16.8. The van der Waals surface area contributed by atoms with Gasteiger partial charge < -0.3 is 51.4 Å². The molecule has 58 heavy (non-hydrogen) atoms. The molecule has 0 unspecified atom stereocenters. The Morgan fingerprint density at radius 3 is 2.17 bits per heavy atom. The standard InChI is InChI=1S/C38H59N8O11P/c1-24(2)19-29(42-38(53)32-16-12-18-46(32)26(4)48)35(50)41-30(20-28-21-40-23-45(28)17-11-6-5-8-13-27-14-9-7-10-15-27)36(51)43-31(22-47)37(52)44-33(34(39)49)25(3)57-58(54,55)56/h7,9-10,14-15,21,23-25,29-33,47H,5-6,8,11-13,16-20,22H2,1-4H3,(H2,39,49)(H,41,50)(H,42,53)(H,43,51)(H,44,52)(H2,54,55,56)/t25-,29+,30+,31+,32+,33+/m1/s1. The number of primary amides is 1. The quantitative estimate of drug-likeness (QED) is 0.0520. The molecule has 322 valence electrons. The molecule has 0 spiro atoms. The Morgan fingerprint density at radius 1 is 0.914 bits per heavy atom. The van der Waals surface area contributed by atoms with Crippen LogP contribution in [0, 0.1) is 5.92 Å². The largest absolute Gasteiger partial charge is 0.469 e. The minimum atomic E-state index is -5.10. The molecular weight excluding hydrogens is 775 g/mol. The van der Waals surface area contributed by atoms with E-state index in [0.717, 1.165) is 39.0 Å². The molecule has 0 radical (unpaired) electrons. The highest BCUT2D eigenvalue weighted by Gasteiger charge is 2.37. The number of hydrogen-bond acceptors (Lipinski definition) is 10. The molecule has 1 aromatic heterocycles. The molecule has 1 fully saturated rings. The summed E-state index contributed by atoms with van der Waals surface area (Å²) in [5.74, 6) is -4.83. The maximum absolute atomic E-state index is 14.0. The summed E-state index contributed by atoms with van der Waals surface area (Å²) in [7, 11) is -5.10. The van der Waals surface area contributed by atoms with Gasteiger partial charge >= 0.3 is 7.82 Å². The zero-order chi connectivity index (χ0) is 43.0. The monoisotopic (exact) mass is 834 g/mol. The lowest BCUT2D eigenvalue weighted by molar-refractivity contribution is -0.139. The van der Waals surface area contributed by atoms with Crippen molar-refractivity contribution in [3.05, 3.63) is 54.1 Å². The van der Waals surface area contributed by atoms with Crippen molar-refractivity contribution < 1.29 is 52.7 Å². The lowest BCUT2D eigenvalue weighted by atomic mass is 10.0. The molecule has 1 aliphatic heterocycles. The topological polar surface area (TPSA) is 285 Å². The predicted molar refractivity (Wildman–Crippen MR) is 211 cm³/mol. The Balaban J connectivity index is 1.80. The van der Waals surface area contributed by atoms with Crippen LogP contribution in [0.5, 0.6) is 0 Å². The summed E-state index contributed by atoms with van der Waals surface area (Å²) in [5, 5.41) is 20.1. The molecule has 2 heterocycles. The van der Waals surface area contributed by atoms with Crippen molar-refractivity contribution in [2.24, 2.45) is 11.7 Å². The van der Waals surface area contributed by atoms with Crippen LogP contribution < -0.4 is 27.0 Å². The van der Waals surface area contributed by atoms with E-state index in [0.29, 0.717) is 31.6 Å². The second-order valence-corrected chi connectivity index (χ2v) is 16.2. The number of hydrogen-bond donors (Lipinski definition) is 8. The number of amides is 6. The number of aliphatic hydroxyl groups is 1. The molecule has 9 N–H and O–H groups in total.